The van der Waals surface area contributed by atoms with Crippen LogP contribution in [0.25, 0.3) is 0 Å². The van der Waals surface area contributed by atoms with Gasteiger partial charge in [0.2, 0.25) is 0 Å². The van der Waals surface area contributed by atoms with Crippen molar-refractivity contribution in [1.82, 2.24) is 4.90 Å². The molecule has 1 saturated heterocycles. The molecule has 1 aromatic heterocycles. The van der Waals surface area contributed by atoms with Crippen LogP contribution in [0.3, 0.4) is 0 Å². The Morgan fingerprint density at radius 2 is 1.88 bits per heavy atom. The Bertz CT molecular complexity index is 741. The van der Waals surface area contributed by atoms with Crippen LogP contribution in [0, 0.1) is 0 Å². The normalized spacial score (nSPS) is 14.2. The van der Waals surface area contributed by atoms with Crippen molar-refractivity contribution >= 4 is 40.4 Å². The molecule has 2 amide bonds. The average molecular weight is 381 g/mol. The summed E-state index contributed by atoms with van der Waals surface area (Å²) in [5, 5.41) is 2.78. The lowest BCUT2D eigenvalue weighted by molar-refractivity contribution is -0.137. The highest BCUT2D eigenvalue weighted by atomic mass is 35.5. The zero-order valence-corrected chi connectivity index (χ0v) is 14.9. The zero-order valence-electron chi connectivity index (χ0n) is 13.4. The summed E-state index contributed by atoms with van der Waals surface area (Å²) in [7, 11) is 0. The fourth-order valence-electron chi connectivity index (χ4n) is 2.31. The highest BCUT2D eigenvalue weighted by molar-refractivity contribution is 7.18. The Kier molecular flexibility index (Phi) is 5.91. The molecule has 2 heterocycles. The first-order chi connectivity index (χ1) is 12.1. The number of nitrogens with one attached hydrogen (secondary N) is 1. The number of carbonyl (C=O) groups is 2. The third-order valence-electron chi connectivity index (χ3n) is 3.64. The summed E-state index contributed by atoms with van der Waals surface area (Å²) in [6.45, 7) is 2.31. The molecule has 0 aliphatic carbocycles. The van der Waals surface area contributed by atoms with Crippen molar-refractivity contribution in [3.05, 3.63) is 45.6 Å². The van der Waals surface area contributed by atoms with E-state index in [-0.39, 0.29) is 18.4 Å². The van der Waals surface area contributed by atoms with Gasteiger partial charge in [-0.3, -0.25) is 9.59 Å². The number of halogens is 1. The molecule has 1 N–H and O–H groups in total. The number of carbonyl (C=O) groups excluding carboxylic acids is 2. The molecule has 0 bridgehead atoms. The first-order valence-electron chi connectivity index (χ1n) is 7.77. The van der Waals surface area contributed by atoms with Crippen molar-refractivity contribution in [3.8, 4) is 5.75 Å². The fraction of sp³-hybridized carbons (Fsp3) is 0.294. The highest BCUT2D eigenvalue weighted by Gasteiger charge is 2.17. The van der Waals surface area contributed by atoms with Crippen LogP contribution in [0.2, 0.25) is 4.34 Å². The van der Waals surface area contributed by atoms with E-state index in [0.29, 0.717) is 47.0 Å². The third kappa shape index (κ3) is 4.94. The Labute approximate surface area is 154 Å². The quantitative estimate of drug-likeness (QED) is 0.866. The first-order valence-corrected chi connectivity index (χ1v) is 8.96. The lowest BCUT2D eigenvalue weighted by Crippen LogP contribution is -2.42. The molecular formula is C17H17ClN2O4S. The maximum Gasteiger partial charge on any atom is 0.265 e. The van der Waals surface area contributed by atoms with Crippen molar-refractivity contribution in [2.45, 2.75) is 0 Å². The first kappa shape index (κ1) is 17.7. The number of morpholine rings is 1. The van der Waals surface area contributed by atoms with Gasteiger partial charge in [-0.2, -0.15) is 0 Å². The number of rotatable bonds is 5. The minimum absolute atomic E-state index is 0.0145. The number of anilines is 1. The monoisotopic (exact) mass is 380 g/mol. The second kappa shape index (κ2) is 8.33. The molecule has 6 nitrogen and oxygen atoms in total. The van der Waals surface area contributed by atoms with Gasteiger partial charge in [-0.1, -0.05) is 11.6 Å². The van der Waals surface area contributed by atoms with Gasteiger partial charge in [0.1, 0.15) is 5.75 Å². The van der Waals surface area contributed by atoms with E-state index in [1.54, 1.807) is 41.3 Å². The summed E-state index contributed by atoms with van der Waals surface area (Å²) in [5.41, 5.74) is 0.640. The lowest BCUT2D eigenvalue weighted by Gasteiger charge is -2.26. The number of amides is 2. The maximum absolute atomic E-state index is 12.1. The predicted octanol–water partition coefficient (Wildman–Crippen LogP) is 2.89. The number of thiophene rings is 1. The third-order valence-corrected chi connectivity index (χ3v) is 4.87. The second-order valence-electron chi connectivity index (χ2n) is 5.36. The van der Waals surface area contributed by atoms with E-state index in [1.807, 2.05) is 0 Å². The Hall–Kier alpha value is -2.09. The van der Waals surface area contributed by atoms with Crippen LogP contribution in [0.15, 0.2) is 36.4 Å². The summed E-state index contributed by atoms with van der Waals surface area (Å²) >= 11 is 7.05. The van der Waals surface area contributed by atoms with Gasteiger partial charge in [-0.25, -0.2) is 0 Å². The molecule has 1 fully saturated rings. The minimum Gasteiger partial charge on any atom is -0.484 e. The van der Waals surface area contributed by atoms with Gasteiger partial charge in [0, 0.05) is 18.8 Å². The van der Waals surface area contributed by atoms with Crippen molar-refractivity contribution in [2.24, 2.45) is 0 Å². The molecule has 1 aromatic carbocycles. The van der Waals surface area contributed by atoms with Gasteiger partial charge in [0.25, 0.3) is 11.8 Å². The maximum atomic E-state index is 12.1. The topological polar surface area (TPSA) is 67.9 Å². The summed E-state index contributed by atoms with van der Waals surface area (Å²) in [4.78, 5) is 26.3. The molecule has 132 valence electrons. The van der Waals surface area contributed by atoms with Gasteiger partial charge in [-0.05, 0) is 36.4 Å². The van der Waals surface area contributed by atoms with E-state index in [2.05, 4.69) is 5.32 Å². The molecule has 0 saturated carbocycles. The zero-order chi connectivity index (χ0) is 17.6. The molecule has 8 heteroatoms. The average Bonchev–Trinajstić information content (AvgIpc) is 3.08. The van der Waals surface area contributed by atoms with Crippen LogP contribution in [-0.2, 0) is 9.53 Å². The summed E-state index contributed by atoms with van der Waals surface area (Å²) in [6, 6.07) is 10.2. The SMILES string of the molecule is O=C(Nc1ccc(OCC(=O)N2CCOCC2)cc1)c1ccc(Cl)s1. The molecular weight excluding hydrogens is 364 g/mol. The van der Waals surface area contributed by atoms with Crippen LogP contribution in [0.4, 0.5) is 5.69 Å². The van der Waals surface area contributed by atoms with Crippen LogP contribution in [0.5, 0.6) is 5.75 Å². The van der Waals surface area contributed by atoms with Gasteiger partial charge >= 0.3 is 0 Å². The Morgan fingerprint density at radius 3 is 2.52 bits per heavy atom. The van der Waals surface area contributed by atoms with E-state index in [1.165, 1.54) is 11.3 Å². The molecule has 0 spiro atoms. The number of nitrogens with zero attached hydrogens (tertiary/aromatic N) is 1. The largest absolute Gasteiger partial charge is 0.484 e. The van der Waals surface area contributed by atoms with Crippen molar-refractivity contribution in [2.75, 3.05) is 38.2 Å². The second-order valence-corrected chi connectivity index (χ2v) is 7.08. The summed E-state index contributed by atoms with van der Waals surface area (Å²) in [5.74, 6) is 0.294. The van der Waals surface area contributed by atoms with Crippen molar-refractivity contribution in [3.63, 3.8) is 0 Å². The number of hydrogen-bond donors (Lipinski definition) is 1. The molecule has 0 unspecified atom stereocenters. The van der Waals surface area contributed by atoms with E-state index < -0.39 is 0 Å². The van der Waals surface area contributed by atoms with E-state index >= 15 is 0 Å². The molecule has 0 radical (unpaired) electrons. The summed E-state index contributed by atoms with van der Waals surface area (Å²) in [6.07, 6.45) is 0. The van der Waals surface area contributed by atoms with E-state index in [9.17, 15) is 9.59 Å². The summed E-state index contributed by atoms with van der Waals surface area (Å²) < 4.78 is 11.3. The Balaban J connectivity index is 1.50. The van der Waals surface area contributed by atoms with Gasteiger partial charge in [-0.15, -0.1) is 11.3 Å². The van der Waals surface area contributed by atoms with Crippen LogP contribution < -0.4 is 10.1 Å². The smallest absolute Gasteiger partial charge is 0.265 e. The van der Waals surface area contributed by atoms with Gasteiger partial charge in [0.05, 0.1) is 22.4 Å². The van der Waals surface area contributed by atoms with E-state index in [4.69, 9.17) is 21.1 Å². The Morgan fingerprint density at radius 1 is 1.16 bits per heavy atom. The molecule has 25 heavy (non-hydrogen) atoms. The number of hydrogen-bond acceptors (Lipinski definition) is 5. The standard InChI is InChI=1S/C17H17ClN2O4S/c18-15-6-5-14(25-15)17(22)19-12-1-3-13(4-2-12)24-11-16(21)20-7-9-23-10-8-20/h1-6H,7-11H2,(H,19,22). The number of ether oxygens (including phenoxy) is 2. The van der Waals surface area contributed by atoms with Crippen LogP contribution >= 0.6 is 22.9 Å². The van der Waals surface area contributed by atoms with Gasteiger partial charge in [0.15, 0.2) is 6.61 Å². The minimum atomic E-state index is -0.215. The van der Waals surface area contributed by atoms with E-state index in [0.717, 1.165) is 0 Å². The van der Waals surface area contributed by atoms with Crippen molar-refractivity contribution < 1.29 is 19.1 Å². The number of benzene rings is 1. The fourth-order valence-corrected chi connectivity index (χ4v) is 3.25. The molecule has 0 atom stereocenters. The molecule has 3 rings (SSSR count). The van der Waals surface area contributed by atoms with Gasteiger partial charge < -0.3 is 19.7 Å². The molecule has 2 aromatic rings. The molecule has 1 aliphatic rings. The van der Waals surface area contributed by atoms with Crippen LogP contribution in [0.1, 0.15) is 9.67 Å². The lowest BCUT2D eigenvalue weighted by atomic mass is 10.3. The highest BCUT2D eigenvalue weighted by Crippen LogP contribution is 2.23. The van der Waals surface area contributed by atoms with Crippen LogP contribution in [-0.4, -0.2) is 49.6 Å². The predicted molar refractivity (Wildman–Crippen MR) is 96.6 cm³/mol. The molecule has 1 aliphatic heterocycles. The van der Waals surface area contributed by atoms with Crippen molar-refractivity contribution in [1.29, 1.82) is 0 Å².